The molecule has 3 aromatic heterocycles. The predicted octanol–water partition coefficient (Wildman–Crippen LogP) is 4.83. The van der Waals surface area contributed by atoms with E-state index in [2.05, 4.69) is 50.1 Å². The van der Waals surface area contributed by atoms with Gasteiger partial charge in [-0.3, -0.25) is 9.78 Å². The summed E-state index contributed by atoms with van der Waals surface area (Å²) >= 11 is 0. The first-order valence-electron chi connectivity index (χ1n) is 10.3. The number of rotatable bonds is 6. The summed E-state index contributed by atoms with van der Waals surface area (Å²) in [5.41, 5.74) is 3.92. The largest absolute Gasteiger partial charge is 0.341 e. The van der Waals surface area contributed by atoms with Gasteiger partial charge in [0.15, 0.2) is 0 Å². The van der Waals surface area contributed by atoms with Crippen LogP contribution in [0.5, 0.6) is 0 Å². The van der Waals surface area contributed by atoms with Crippen LogP contribution in [0.15, 0.2) is 71.5 Å². The highest BCUT2D eigenvalue weighted by Crippen LogP contribution is 2.31. The van der Waals surface area contributed by atoms with Crippen molar-refractivity contribution in [2.75, 3.05) is 5.32 Å². The minimum absolute atomic E-state index is 0.0975. The van der Waals surface area contributed by atoms with Gasteiger partial charge in [-0.1, -0.05) is 23.4 Å². The third-order valence-electron chi connectivity index (χ3n) is 5.33. The molecule has 154 valence electrons. The molecule has 3 heterocycles. The Hall–Kier alpha value is -4.00. The molecule has 0 atom stereocenters. The topological polar surface area (TPSA) is 85.8 Å². The highest BCUT2D eigenvalue weighted by Gasteiger charge is 2.13. The zero-order chi connectivity index (χ0) is 21.2. The van der Waals surface area contributed by atoms with E-state index in [1.807, 2.05) is 36.4 Å². The third kappa shape index (κ3) is 3.66. The Kier molecular flexibility index (Phi) is 4.92. The quantitative estimate of drug-likeness (QED) is 0.432. The number of amides is 1. The van der Waals surface area contributed by atoms with E-state index < -0.39 is 0 Å². The Morgan fingerprint density at radius 1 is 1.06 bits per heavy atom. The molecule has 0 saturated carbocycles. The van der Waals surface area contributed by atoms with Crippen molar-refractivity contribution < 1.29 is 9.32 Å². The number of nitrogens with one attached hydrogen (secondary N) is 1. The minimum atomic E-state index is -0.0975. The van der Waals surface area contributed by atoms with E-state index in [-0.39, 0.29) is 12.3 Å². The average Bonchev–Trinajstić information content (AvgIpc) is 3.41. The van der Waals surface area contributed by atoms with Crippen LogP contribution in [0.2, 0.25) is 0 Å². The number of anilines is 1. The molecule has 7 heteroatoms. The van der Waals surface area contributed by atoms with Gasteiger partial charge in [0.2, 0.25) is 17.6 Å². The predicted molar refractivity (Wildman–Crippen MR) is 120 cm³/mol. The van der Waals surface area contributed by atoms with Crippen molar-refractivity contribution in [1.29, 1.82) is 0 Å². The highest BCUT2D eigenvalue weighted by atomic mass is 16.5. The fraction of sp³-hybridized carbons (Fsp3) is 0.167. The zero-order valence-corrected chi connectivity index (χ0v) is 17.1. The van der Waals surface area contributed by atoms with E-state index in [4.69, 9.17) is 4.52 Å². The molecule has 5 aromatic rings. The number of benzene rings is 2. The smallest absolute Gasteiger partial charge is 0.227 e. The number of para-hydroxylation sites is 1. The second-order valence-electron chi connectivity index (χ2n) is 7.29. The van der Waals surface area contributed by atoms with Crippen molar-refractivity contribution in [3.8, 4) is 11.4 Å². The normalized spacial score (nSPS) is 11.3. The summed E-state index contributed by atoms with van der Waals surface area (Å²) in [6.45, 7) is 3.03. The van der Waals surface area contributed by atoms with E-state index >= 15 is 0 Å². The average molecular weight is 411 g/mol. The molecule has 0 bridgehead atoms. The first-order chi connectivity index (χ1) is 15.2. The molecule has 31 heavy (non-hydrogen) atoms. The molecule has 0 aliphatic carbocycles. The first-order valence-corrected chi connectivity index (χ1v) is 10.3. The van der Waals surface area contributed by atoms with Crippen LogP contribution in [0.1, 0.15) is 19.2 Å². The summed E-state index contributed by atoms with van der Waals surface area (Å²) in [6, 6.07) is 18.0. The number of nitrogens with zero attached hydrogens (tertiary/aromatic N) is 4. The summed E-state index contributed by atoms with van der Waals surface area (Å²) in [6.07, 6.45) is 3.99. The lowest BCUT2D eigenvalue weighted by Crippen LogP contribution is -2.12. The van der Waals surface area contributed by atoms with Gasteiger partial charge in [0, 0.05) is 64.8 Å². The van der Waals surface area contributed by atoms with Crippen LogP contribution >= 0.6 is 0 Å². The highest BCUT2D eigenvalue weighted by molar-refractivity contribution is 6.09. The Labute approximate surface area is 178 Å². The molecule has 0 aliphatic heterocycles. The van der Waals surface area contributed by atoms with Crippen molar-refractivity contribution in [3.05, 3.63) is 72.9 Å². The van der Waals surface area contributed by atoms with Gasteiger partial charge in [0.1, 0.15) is 0 Å². The van der Waals surface area contributed by atoms with Crippen molar-refractivity contribution >= 4 is 33.4 Å². The monoisotopic (exact) mass is 411 g/mol. The fourth-order valence-electron chi connectivity index (χ4n) is 3.88. The number of pyridine rings is 1. The number of aryl methyl sites for hydroxylation is 2. The van der Waals surface area contributed by atoms with Crippen molar-refractivity contribution in [3.63, 3.8) is 0 Å². The van der Waals surface area contributed by atoms with Gasteiger partial charge in [-0.15, -0.1) is 0 Å². The fourth-order valence-corrected chi connectivity index (χ4v) is 3.88. The van der Waals surface area contributed by atoms with Crippen LogP contribution in [0, 0.1) is 0 Å². The Balaban J connectivity index is 1.30. The molecule has 0 radical (unpaired) electrons. The molecule has 5 rings (SSSR count). The maximum absolute atomic E-state index is 12.5. The van der Waals surface area contributed by atoms with Gasteiger partial charge in [-0.25, -0.2) is 0 Å². The number of carbonyl (C=O) groups excluding carboxylic acids is 1. The molecular weight excluding hydrogens is 390 g/mol. The lowest BCUT2D eigenvalue weighted by atomic mass is 10.1. The lowest BCUT2D eigenvalue weighted by molar-refractivity contribution is -0.116. The molecule has 0 unspecified atom stereocenters. The van der Waals surface area contributed by atoms with Gasteiger partial charge in [-0.05, 0) is 43.3 Å². The van der Waals surface area contributed by atoms with E-state index in [1.165, 1.54) is 10.9 Å². The molecular formula is C24H21N5O2. The molecule has 1 amide bonds. The summed E-state index contributed by atoms with van der Waals surface area (Å²) < 4.78 is 7.55. The van der Waals surface area contributed by atoms with Gasteiger partial charge < -0.3 is 14.4 Å². The minimum Gasteiger partial charge on any atom is -0.341 e. The number of hydrogen-bond donors (Lipinski definition) is 1. The second-order valence-corrected chi connectivity index (χ2v) is 7.29. The van der Waals surface area contributed by atoms with E-state index in [1.54, 1.807) is 12.4 Å². The Morgan fingerprint density at radius 3 is 2.77 bits per heavy atom. The summed E-state index contributed by atoms with van der Waals surface area (Å²) in [7, 11) is 0. The van der Waals surface area contributed by atoms with Crippen LogP contribution < -0.4 is 5.32 Å². The van der Waals surface area contributed by atoms with Gasteiger partial charge in [-0.2, -0.15) is 4.98 Å². The summed E-state index contributed by atoms with van der Waals surface area (Å²) in [4.78, 5) is 20.9. The zero-order valence-electron chi connectivity index (χ0n) is 17.1. The van der Waals surface area contributed by atoms with Crippen molar-refractivity contribution in [2.45, 2.75) is 26.3 Å². The van der Waals surface area contributed by atoms with Gasteiger partial charge in [0.05, 0.1) is 0 Å². The summed E-state index contributed by atoms with van der Waals surface area (Å²) in [5.74, 6) is 0.802. The summed E-state index contributed by atoms with van der Waals surface area (Å²) in [5, 5.41) is 9.27. The van der Waals surface area contributed by atoms with E-state index in [0.29, 0.717) is 18.1 Å². The number of aromatic nitrogens is 4. The number of hydrogen-bond acceptors (Lipinski definition) is 5. The van der Waals surface area contributed by atoms with Crippen molar-refractivity contribution in [1.82, 2.24) is 19.7 Å². The Bertz CT molecular complexity index is 1370. The molecule has 0 saturated heterocycles. The van der Waals surface area contributed by atoms with Gasteiger partial charge in [0.25, 0.3) is 0 Å². The van der Waals surface area contributed by atoms with Crippen LogP contribution in [0.3, 0.4) is 0 Å². The van der Waals surface area contributed by atoms with Crippen molar-refractivity contribution in [2.24, 2.45) is 0 Å². The van der Waals surface area contributed by atoms with Gasteiger partial charge >= 0.3 is 0 Å². The standard InChI is InChI=1S/C24H21N5O2/c1-2-29-20-8-4-3-7-18(20)19-14-17(9-10-21(19)29)26-22(30)11-12-23-27-24(28-31-23)16-6-5-13-25-15-16/h3-10,13-15H,2,11-12H2,1H3,(H,26,30). The number of carbonyl (C=O) groups is 1. The number of fused-ring (bicyclic) bond motifs is 3. The maximum Gasteiger partial charge on any atom is 0.227 e. The molecule has 0 aliphatic rings. The van der Waals surface area contributed by atoms with Crippen LogP contribution in [-0.2, 0) is 17.8 Å². The van der Waals surface area contributed by atoms with Crippen LogP contribution in [0.25, 0.3) is 33.2 Å². The second kappa shape index (κ2) is 8.02. The lowest BCUT2D eigenvalue weighted by Gasteiger charge is -2.06. The van der Waals surface area contributed by atoms with E-state index in [9.17, 15) is 4.79 Å². The molecule has 7 nitrogen and oxygen atoms in total. The van der Waals surface area contributed by atoms with E-state index in [0.717, 1.165) is 28.7 Å². The SMILES string of the molecule is CCn1c2ccccc2c2cc(NC(=O)CCc3nc(-c4cccnc4)no3)ccc21. The molecule has 2 aromatic carbocycles. The maximum atomic E-state index is 12.5. The molecule has 1 N–H and O–H groups in total. The Morgan fingerprint density at radius 2 is 1.94 bits per heavy atom. The third-order valence-corrected chi connectivity index (χ3v) is 5.33. The van der Waals surface area contributed by atoms with Crippen LogP contribution in [0.4, 0.5) is 5.69 Å². The van der Waals surface area contributed by atoms with Crippen LogP contribution in [-0.4, -0.2) is 25.6 Å². The molecule has 0 fully saturated rings. The molecule has 0 spiro atoms. The first kappa shape index (κ1) is 19.0.